The maximum atomic E-state index is 6.12. The summed E-state index contributed by atoms with van der Waals surface area (Å²) < 4.78 is 5.72. The first-order valence-corrected chi connectivity index (χ1v) is 6.68. The molecule has 0 aliphatic carbocycles. The molecular formula is C13H6Cl3N3O. The van der Waals surface area contributed by atoms with E-state index in [2.05, 4.69) is 15.2 Å². The Morgan fingerprint density at radius 1 is 0.950 bits per heavy atom. The molecule has 0 fully saturated rings. The molecular weight excluding hydrogens is 321 g/mol. The molecule has 0 N–H and O–H groups in total. The Hall–Kier alpha value is -1.62. The first kappa shape index (κ1) is 13.4. The fourth-order valence-corrected chi connectivity index (χ4v) is 2.21. The van der Waals surface area contributed by atoms with Crippen molar-refractivity contribution in [3.05, 3.63) is 51.9 Å². The summed E-state index contributed by atoms with van der Waals surface area (Å²) in [5.41, 5.74) is 0.629. The van der Waals surface area contributed by atoms with Gasteiger partial charge in [-0.2, -0.15) is 0 Å². The normalized spacial score (nSPS) is 10.8. The Balaban J connectivity index is 2.11. The van der Waals surface area contributed by atoms with Gasteiger partial charge in [0.05, 0.1) is 5.02 Å². The molecule has 1 aromatic carbocycles. The molecule has 0 saturated carbocycles. The van der Waals surface area contributed by atoms with Crippen molar-refractivity contribution in [3.8, 4) is 11.5 Å². The van der Waals surface area contributed by atoms with Crippen molar-refractivity contribution in [1.29, 1.82) is 0 Å². The topological polar surface area (TPSA) is 47.9 Å². The van der Waals surface area contributed by atoms with Gasteiger partial charge in [0.1, 0.15) is 5.52 Å². The zero-order valence-electron chi connectivity index (χ0n) is 9.85. The summed E-state index contributed by atoms with van der Waals surface area (Å²) in [5, 5.41) is 9.00. The number of fused-ring (bicyclic) bond motifs is 1. The van der Waals surface area contributed by atoms with Gasteiger partial charge in [-0.3, -0.25) is 4.98 Å². The molecule has 0 spiro atoms. The van der Waals surface area contributed by atoms with Crippen LogP contribution in [-0.4, -0.2) is 15.2 Å². The number of pyridine rings is 1. The largest absolute Gasteiger partial charge is 0.452 e. The minimum Gasteiger partial charge on any atom is -0.452 e. The van der Waals surface area contributed by atoms with Crippen molar-refractivity contribution in [2.75, 3.05) is 0 Å². The van der Waals surface area contributed by atoms with Gasteiger partial charge in [-0.1, -0.05) is 34.8 Å². The SMILES string of the molecule is Clc1cc(Oc2ccc(Cl)c3cccnc23)c(Cl)nn1. The smallest absolute Gasteiger partial charge is 0.194 e. The zero-order valence-corrected chi connectivity index (χ0v) is 12.1. The van der Waals surface area contributed by atoms with Gasteiger partial charge in [-0.15, -0.1) is 10.2 Å². The summed E-state index contributed by atoms with van der Waals surface area (Å²) in [7, 11) is 0. The number of hydrogen-bond donors (Lipinski definition) is 0. The Labute approximate surface area is 129 Å². The zero-order chi connectivity index (χ0) is 14.1. The Morgan fingerprint density at radius 3 is 2.65 bits per heavy atom. The maximum absolute atomic E-state index is 6.12. The van der Waals surface area contributed by atoms with Crippen molar-refractivity contribution < 1.29 is 4.74 Å². The van der Waals surface area contributed by atoms with Crippen LogP contribution in [0.5, 0.6) is 11.5 Å². The van der Waals surface area contributed by atoms with Crippen LogP contribution in [0.3, 0.4) is 0 Å². The van der Waals surface area contributed by atoms with E-state index >= 15 is 0 Å². The molecule has 3 aromatic rings. The third-order valence-electron chi connectivity index (χ3n) is 2.59. The van der Waals surface area contributed by atoms with Gasteiger partial charge in [-0.05, 0) is 24.3 Å². The van der Waals surface area contributed by atoms with Crippen LogP contribution in [0, 0.1) is 0 Å². The lowest BCUT2D eigenvalue weighted by Crippen LogP contribution is -1.92. The van der Waals surface area contributed by atoms with E-state index < -0.39 is 0 Å². The highest BCUT2D eigenvalue weighted by Crippen LogP contribution is 2.35. The molecule has 4 nitrogen and oxygen atoms in total. The van der Waals surface area contributed by atoms with E-state index in [0.717, 1.165) is 5.39 Å². The van der Waals surface area contributed by atoms with Crippen molar-refractivity contribution in [2.45, 2.75) is 0 Å². The number of ether oxygens (including phenoxy) is 1. The first-order chi connectivity index (χ1) is 9.65. The van der Waals surface area contributed by atoms with Crippen molar-refractivity contribution in [2.24, 2.45) is 0 Å². The number of benzene rings is 1. The van der Waals surface area contributed by atoms with E-state index in [1.807, 2.05) is 6.07 Å². The Morgan fingerprint density at radius 2 is 1.80 bits per heavy atom. The van der Waals surface area contributed by atoms with Gasteiger partial charge >= 0.3 is 0 Å². The van der Waals surface area contributed by atoms with Crippen LogP contribution in [0.15, 0.2) is 36.5 Å². The average Bonchev–Trinajstić information content (AvgIpc) is 2.46. The number of halogens is 3. The highest BCUT2D eigenvalue weighted by molar-refractivity contribution is 6.35. The molecule has 7 heteroatoms. The van der Waals surface area contributed by atoms with Gasteiger partial charge in [-0.25, -0.2) is 0 Å². The molecule has 0 saturated heterocycles. The molecule has 100 valence electrons. The lowest BCUT2D eigenvalue weighted by molar-refractivity contribution is 0.483. The van der Waals surface area contributed by atoms with Crippen LogP contribution < -0.4 is 4.74 Å². The van der Waals surface area contributed by atoms with Crippen molar-refractivity contribution in [1.82, 2.24) is 15.2 Å². The second kappa shape index (κ2) is 5.40. The lowest BCUT2D eigenvalue weighted by atomic mass is 10.2. The predicted octanol–water partition coefficient (Wildman–Crippen LogP) is 4.78. The lowest BCUT2D eigenvalue weighted by Gasteiger charge is -2.09. The predicted molar refractivity (Wildman–Crippen MR) is 78.9 cm³/mol. The molecule has 0 aliphatic rings. The summed E-state index contributed by atoms with van der Waals surface area (Å²) in [5.74, 6) is 0.817. The van der Waals surface area contributed by atoms with Crippen molar-refractivity contribution in [3.63, 3.8) is 0 Å². The molecule has 0 aliphatic heterocycles. The molecule has 2 aromatic heterocycles. The molecule has 0 atom stereocenters. The monoisotopic (exact) mass is 325 g/mol. The fraction of sp³-hybridized carbons (Fsp3) is 0. The first-order valence-electron chi connectivity index (χ1n) is 5.55. The van der Waals surface area contributed by atoms with E-state index in [1.165, 1.54) is 6.07 Å². The van der Waals surface area contributed by atoms with E-state index in [9.17, 15) is 0 Å². The second-order valence-corrected chi connectivity index (χ2v) is 5.02. The highest BCUT2D eigenvalue weighted by atomic mass is 35.5. The van der Waals surface area contributed by atoms with Crippen LogP contribution in [0.2, 0.25) is 15.3 Å². The molecule has 0 radical (unpaired) electrons. The van der Waals surface area contributed by atoms with Crippen LogP contribution in [-0.2, 0) is 0 Å². The van der Waals surface area contributed by atoms with Gasteiger partial charge in [0.2, 0.25) is 0 Å². The summed E-state index contributed by atoms with van der Waals surface area (Å²) in [6, 6.07) is 8.58. The minimum atomic E-state index is 0.119. The fourth-order valence-electron chi connectivity index (χ4n) is 1.72. The molecule has 3 rings (SSSR count). The van der Waals surface area contributed by atoms with E-state index in [-0.39, 0.29) is 10.3 Å². The summed E-state index contributed by atoms with van der Waals surface area (Å²) in [6.45, 7) is 0. The molecule has 0 bridgehead atoms. The Kier molecular flexibility index (Phi) is 3.61. The van der Waals surface area contributed by atoms with Crippen LogP contribution in [0.25, 0.3) is 10.9 Å². The van der Waals surface area contributed by atoms with Crippen LogP contribution in [0.4, 0.5) is 0 Å². The molecule has 0 amide bonds. The Bertz CT molecular complexity index is 795. The number of aromatic nitrogens is 3. The van der Waals surface area contributed by atoms with Crippen LogP contribution in [0.1, 0.15) is 0 Å². The van der Waals surface area contributed by atoms with Crippen LogP contribution >= 0.6 is 34.8 Å². The minimum absolute atomic E-state index is 0.119. The summed E-state index contributed by atoms with van der Waals surface area (Å²) in [4.78, 5) is 4.27. The summed E-state index contributed by atoms with van der Waals surface area (Å²) in [6.07, 6.45) is 1.66. The van der Waals surface area contributed by atoms with Gasteiger partial charge in [0.15, 0.2) is 21.8 Å². The number of nitrogens with zero attached hydrogens (tertiary/aromatic N) is 3. The quantitative estimate of drug-likeness (QED) is 0.680. The van der Waals surface area contributed by atoms with E-state index in [4.69, 9.17) is 39.5 Å². The second-order valence-electron chi connectivity index (χ2n) is 3.87. The van der Waals surface area contributed by atoms with E-state index in [1.54, 1.807) is 24.4 Å². The molecule has 20 heavy (non-hydrogen) atoms. The van der Waals surface area contributed by atoms with Gasteiger partial charge < -0.3 is 4.74 Å². The van der Waals surface area contributed by atoms with Gasteiger partial charge in [0, 0.05) is 17.6 Å². The highest BCUT2D eigenvalue weighted by Gasteiger charge is 2.11. The van der Waals surface area contributed by atoms with E-state index in [0.29, 0.717) is 22.0 Å². The standard InChI is InChI=1S/C13H6Cl3N3O/c14-8-3-4-9(12-7(8)2-1-5-17-12)20-10-6-11(15)18-19-13(10)16/h1-6H. The molecule has 2 heterocycles. The summed E-state index contributed by atoms with van der Waals surface area (Å²) >= 11 is 17.8. The van der Waals surface area contributed by atoms with Gasteiger partial charge in [0.25, 0.3) is 0 Å². The third-order valence-corrected chi connectivity index (χ3v) is 3.36. The maximum Gasteiger partial charge on any atom is 0.194 e. The average molecular weight is 327 g/mol. The third kappa shape index (κ3) is 2.50. The molecule has 0 unspecified atom stereocenters. The number of hydrogen-bond acceptors (Lipinski definition) is 4. The number of rotatable bonds is 2. The van der Waals surface area contributed by atoms with Crippen molar-refractivity contribution >= 4 is 45.7 Å².